The van der Waals surface area contributed by atoms with E-state index in [4.69, 9.17) is 9.47 Å². The van der Waals surface area contributed by atoms with E-state index in [0.717, 1.165) is 30.1 Å². The van der Waals surface area contributed by atoms with Gasteiger partial charge in [-0.25, -0.2) is 0 Å². The average Bonchev–Trinajstić information content (AvgIpc) is 3.04. The van der Waals surface area contributed by atoms with Crippen molar-refractivity contribution in [2.45, 2.75) is 6.92 Å². The number of amides is 2. The Morgan fingerprint density at radius 3 is 2.32 bits per heavy atom. The lowest BCUT2D eigenvalue weighted by molar-refractivity contribution is -0.137. The number of nitrogens with one attached hydrogen (secondary N) is 1. The number of morpholine rings is 1. The van der Waals surface area contributed by atoms with Crippen molar-refractivity contribution in [2.24, 2.45) is 0 Å². The predicted octanol–water partition coefficient (Wildman–Crippen LogP) is 2.61. The van der Waals surface area contributed by atoms with Crippen molar-refractivity contribution in [3.05, 3.63) is 65.9 Å². The molecule has 0 unspecified atom stereocenters. The van der Waals surface area contributed by atoms with E-state index in [9.17, 15) is 9.59 Å². The first kappa shape index (κ1) is 21.1. The van der Waals surface area contributed by atoms with Crippen LogP contribution in [0.2, 0.25) is 0 Å². The molecule has 2 heterocycles. The lowest BCUT2D eigenvalue weighted by Crippen LogP contribution is -2.43. The number of benzene rings is 2. The molecule has 2 aromatic rings. The fourth-order valence-electron chi connectivity index (χ4n) is 3.78. The highest BCUT2D eigenvalue weighted by molar-refractivity contribution is 6.36. The van der Waals surface area contributed by atoms with Gasteiger partial charge < -0.3 is 14.8 Å². The van der Waals surface area contributed by atoms with Crippen molar-refractivity contribution in [1.29, 1.82) is 0 Å². The van der Waals surface area contributed by atoms with Crippen LogP contribution in [0.3, 0.4) is 0 Å². The number of nitrogens with zero attached hydrogens (tertiary/aromatic N) is 2. The summed E-state index contributed by atoms with van der Waals surface area (Å²) in [6.07, 6.45) is 0. The monoisotopic (exact) mass is 421 g/mol. The number of rotatable bonds is 8. The van der Waals surface area contributed by atoms with Crippen molar-refractivity contribution >= 4 is 23.1 Å². The Morgan fingerprint density at radius 2 is 1.65 bits per heavy atom. The second-order valence-electron chi connectivity index (χ2n) is 7.41. The van der Waals surface area contributed by atoms with Gasteiger partial charge in [-0.05, 0) is 36.8 Å². The fourth-order valence-corrected chi connectivity index (χ4v) is 3.78. The minimum atomic E-state index is -0.300. The quantitative estimate of drug-likeness (QED) is 0.661. The van der Waals surface area contributed by atoms with Crippen LogP contribution in [-0.2, 0) is 14.3 Å². The highest BCUT2D eigenvalue weighted by Crippen LogP contribution is 2.30. The molecule has 0 atom stereocenters. The van der Waals surface area contributed by atoms with Crippen molar-refractivity contribution in [1.82, 2.24) is 9.80 Å². The Bertz CT molecular complexity index is 951. The van der Waals surface area contributed by atoms with Crippen LogP contribution in [0.4, 0.5) is 5.69 Å². The van der Waals surface area contributed by atoms with Gasteiger partial charge in [0.2, 0.25) is 0 Å². The van der Waals surface area contributed by atoms with Gasteiger partial charge in [0.25, 0.3) is 11.8 Å². The van der Waals surface area contributed by atoms with Crippen LogP contribution < -0.4 is 10.1 Å². The summed E-state index contributed by atoms with van der Waals surface area (Å²) in [5.74, 6) is 0.190. The summed E-state index contributed by atoms with van der Waals surface area (Å²) in [7, 11) is 0. The molecule has 2 amide bonds. The number of hydrogen-bond acceptors (Lipinski definition) is 6. The van der Waals surface area contributed by atoms with Crippen LogP contribution >= 0.6 is 0 Å². The van der Waals surface area contributed by atoms with Crippen LogP contribution in [0.5, 0.6) is 5.75 Å². The maximum absolute atomic E-state index is 13.3. The molecule has 4 rings (SSSR count). The van der Waals surface area contributed by atoms with Crippen molar-refractivity contribution in [3.63, 3.8) is 0 Å². The maximum Gasteiger partial charge on any atom is 0.278 e. The van der Waals surface area contributed by atoms with Crippen LogP contribution in [0.25, 0.3) is 5.57 Å². The third-order valence-electron chi connectivity index (χ3n) is 5.41. The van der Waals surface area contributed by atoms with E-state index < -0.39 is 0 Å². The molecule has 0 saturated carbocycles. The molecular formula is C24H27N3O4. The van der Waals surface area contributed by atoms with Gasteiger partial charge in [0.15, 0.2) is 0 Å². The average molecular weight is 421 g/mol. The lowest BCUT2D eigenvalue weighted by Gasteiger charge is -2.28. The Labute approximate surface area is 182 Å². The summed E-state index contributed by atoms with van der Waals surface area (Å²) in [6.45, 7) is 6.49. The van der Waals surface area contributed by atoms with E-state index in [0.29, 0.717) is 44.2 Å². The summed E-state index contributed by atoms with van der Waals surface area (Å²) in [5, 5.41) is 3.19. The number of carbonyl (C=O) groups is 2. The van der Waals surface area contributed by atoms with Gasteiger partial charge >= 0.3 is 0 Å². The molecule has 1 saturated heterocycles. The second kappa shape index (κ2) is 9.76. The second-order valence-corrected chi connectivity index (χ2v) is 7.41. The minimum Gasteiger partial charge on any atom is -0.494 e. The number of imide groups is 1. The fraction of sp³-hybridized carbons (Fsp3) is 0.333. The van der Waals surface area contributed by atoms with E-state index in [1.807, 2.05) is 61.5 Å². The standard InChI is InChI=1S/C24H27N3O4/c1-2-31-20-10-8-19(9-11-20)25-22-21(18-6-4-3-5-7-18)23(28)27(24(22)29)13-12-26-14-16-30-17-15-26/h3-11,25H,2,12-17H2,1H3. The molecule has 31 heavy (non-hydrogen) atoms. The van der Waals surface area contributed by atoms with E-state index in [-0.39, 0.29) is 11.8 Å². The molecule has 1 N–H and O–H groups in total. The summed E-state index contributed by atoms with van der Waals surface area (Å²) in [5.41, 5.74) is 2.16. The van der Waals surface area contributed by atoms with Crippen molar-refractivity contribution < 1.29 is 19.1 Å². The SMILES string of the molecule is CCOc1ccc(NC2=C(c3ccccc3)C(=O)N(CCN3CCOCC3)C2=O)cc1. The summed E-state index contributed by atoms with van der Waals surface area (Å²) < 4.78 is 10.9. The minimum absolute atomic E-state index is 0.266. The zero-order valence-electron chi connectivity index (χ0n) is 17.7. The molecule has 0 spiro atoms. The molecular weight excluding hydrogens is 394 g/mol. The van der Waals surface area contributed by atoms with Gasteiger partial charge in [0.05, 0.1) is 25.4 Å². The largest absolute Gasteiger partial charge is 0.494 e. The molecule has 7 heteroatoms. The zero-order chi connectivity index (χ0) is 21.6. The van der Waals surface area contributed by atoms with Gasteiger partial charge in [0.1, 0.15) is 11.4 Å². The zero-order valence-corrected chi connectivity index (χ0v) is 17.7. The molecule has 7 nitrogen and oxygen atoms in total. The highest BCUT2D eigenvalue weighted by Gasteiger charge is 2.39. The Morgan fingerprint density at radius 1 is 0.935 bits per heavy atom. The normalized spacial score (nSPS) is 17.4. The Balaban J connectivity index is 1.57. The Kier molecular flexibility index (Phi) is 6.64. The summed E-state index contributed by atoms with van der Waals surface area (Å²) in [4.78, 5) is 30.1. The van der Waals surface area contributed by atoms with Gasteiger partial charge in [-0.2, -0.15) is 0 Å². The van der Waals surface area contributed by atoms with Crippen LogP contribution in [0, 0.1) is 0 Å². The smallest absolute Gasteiger partial charge is 0.278 e. The van der Waals surface area contributed by atoms with E-state index in [1.54, 1.807) is 0 Å². The molecule has 0 radical (unpaired) electrons. The Hall–Kier alpha value is -3.16. The van der Waals surface area contributed by atoms with Crippen LogP contribution in [-0.4, -0.2) is 67.6 Å². The van der Waals surface area contributed by atoms with E-state index in [2.05, 4.69) is 10.2 Å². The molecule has 2 aromatic carbocycles. The van der Waals surface area contributed by atoms with E-state index >= 15 is 0 Å². The topological polar surface area (TPSA) is 71.1 Å². The van der Waals surface area contributed by atoms with Gasteiger partial charge in [-0.1, -0.05) is 30.3 Å². The van der Waals surface area contributed by atoms with Crippen molar-refractivity contribution in [3.8, 4) is 5.75 Å². The third kappa shape index (κ3) is 4.78. The predicted molar refractivity (Wildman–Crippen MR) is 119 cm³/mol. The first-order valence-electron chi connectivity index (χ1n) is 10.6. The van der Waals surface area contributed by atoms with E-state index in [1.165, 1.54) is 4.90 Å². The number of ether oxygens (including phenoxy) is 2. The number of anilines is 1. The molecule has 2 aliphatic heterocycles. The molecule has 2 aliphatic rings. The van der Waals surface area contributed by atoms with Gasteiger partial charge in [0, 0.05) is 31.9 Å². The van der Waals surface area contributed by atoms with Gasteiger partial charge in [-0.3, -0.25) is 19.4 Å². The lowest BCUT2D eigenvalue weighted by atomic mass is 10.0. The maximum atomic E-state index is 13.3. The summed E-state index contributed by atoms with van der Waals surface area (Å²) in [6, 6.07) is 16.7. The molecule has 1 fully saturated rings. The highest BCUT2D eigenvalue weighted by atomic mass is 16.5. The third-order valence-corrected chi connectivity index (χ3v) is 5.41. The molecule has 0 aliphatic carbocycles. The summed E-state index contributed by atoms with van der Waals surface area (Å²) >= 11 is 0. The van der Waals surface area contributed by atoms with Gasteiger partial charge in [-0.15, -0.1) is 0 Å². The number of carbonyl (C=O) groups excluding carboxylic acids is 2. The molecule has 0 aromatic heterocycles. The first-order chi connectivity index (χ1) is 15.2. The van der Waals surface area contributed by atoms with Crippen LogP contribution in [0.15, 0.2) is 60.3 Å². The number of hydrogen-bond donors (Lipinski definition) is 1. The first-order valence-corrected chi connectivity index (χ1v) is 10.6. The van der Waals surface area contributed by atoms with Crippen LogP contribution in [0.1, 0.15) is 12.5 Å². The van der Waals surface area contributed by atoms with Crippen molar-refractivity contribution in [2.75, 3.05) is 51.3 Å². The molecule has 0 bridgehead atoms. The molecule has 162 valence electrons.